The average molecular weight is 379 g/mol. The van der Waals surface area contributed by atoms with Gasteiger partial charge in [-0.15, -0.1) is 0 Å². The summed E-state index contributed by atoms with van der Waals surface area (Å²) in [6.45, 7) is 1.90. The minimum atomic E-state index is -3.75. The van der Waals surface area contributed by atoms with E-state index in [2.05, 4.69) is 4.72 Å². The Balaban J connectivity index is 1.88. The van der Waals surface area contributed by atoms with Crippen LogP contribution in [0.1, 0.15) is 33.9 Å². The van der Waals surface area contributed by atoms with Crippen LogP contribution in [0.4, 0.5) is 0 Å². The van der Waals surface area contributed by atoms with E-state index < -0.39 is 16.1 Å². The van der Waals surface area contributed by atoms with E-state index in [-0.39, 0.29) is 17.1 Å². The minimum Gasteiger partial charge on any atom is -0.294 e. The summed E-state index contributed by atoms with van der Waals surface area (Å²) in [5.41, 5.74) is 2.29. The number of hydrogen-bond acceptors (Lipinski definition) is 3. The van der Waals surface area contributed by atoms with Crippen molar-refractivity contribution in [1.82, 2.24) is 4.72 Å². The summed E-state index contributed by atoms with van der Waals surface area (Å²) >= 11 is 0. The number of nitrogens with one attached hydrogen (secondary N) is 1. The second kappa shape index (κ2) is 8.29. The molecule has 4 nitrogen and oxygen atoms in total. The van der Waals surface area contributed by atoms with Crippen LogP contribution < -0.4 is 4.72 Å². The highest BCUT2D eigenvalue weighted by molar-refractivity contribution is 7.89. The molecule has 1 unspecified atom stereocenters. The van der Waals surface area contributed by atoms with Gasteiger partial charge in [-0.05, 0) is 24.6 Å². The molecule has 0 aliphatic carbocycles. The zero-order chi connectivity index (χ0) is 19.3. The number of hydrogen-bond donors (Lipinski definition) is 1. The van der Waals surface area contributed by atoms with Crippen LogP contribution in [0, 0.1) is 6.92 Å². The van der Waals surface area contributed by atoms with Crippen LogP contribution in [0.15, 0.2) is 89.8 Å². The van der Waals surface area contributed by atoms with Crippen molar-refractivity contribution in [2.45, 2.75) is 24.3 Å². The molecule has 27 heavy (non-hydrogen) atoms. The Kier molecular flexibility index (Phi) is 5.84. The number of aryl methyl sites for hydroxylation is 1. The smallest absolute Gasteiger partial charge is 0.241 e. The van der Waals surface area contributed by atoms with Gasteiger partial charge in [0, 0.05) is 12.0 Å². The fraction of sp³-hybridized carbons (Fsp3) is 0.136. The standard InChI is InChI=1S/C22H21NO3S/c1-17-12-14-20(15-13-17)27(25,26)23-21(18-8-4-2-5-9-18)16-22(24)19-10-6-3-7-11-19/h2-15,21,23H,16H2,1H3. The molecule has 1 N–H and O–H groups in total. The first kappa shape index (κ1) is 19.0. The maximum absolute atomic E-state index is 12.8. The highest BCUT2D eigenvalue weighted by atomic mass is 32.2. The molecule has 0 aromatic heterocycles. The number of carbonyl (C=O) groups is 1. The van der Waals surface area contributed by atoms with Crippen LogP contribution in [0.5, 0.6) is 0 Å². The summed E-state index contributed by atoms with van der Waals surface area (Å²) in [6, 6.07) is 24.0. The fourth-order valence-electron chi connectivity index (χ4n) is 2.81. The Morgan fingerprint density at radius 3 is 2.00 bits per heavy atom. The predicted molar refractivity (Wildman–Crippen MR) is 106 cm³/mol. The molecule has 0 amide bonds. The minimum absolute atomic E-state index is 0.0408. The molecule has 0 bridgehead atoms. The van der Waals surface area contributed by atoms with Gasteiger partial charge >= 0.3 is 0 Å². The average Bonchev–Trinajstić information content (AvgIpc) is 2.69. The van der Waals surface area contributed by atoms with E-state index in [0.717, 1.165) is 11.1 Å². The van der Waals surface area contributed by atoms with Crippen molar-refractivity contribution in [2.75, 3.05) is 0 Å². The molecule has 0 saturated carbocycles. The SMILES string of the molecule is Cc1ccc(S(=O)(=O)NC(CC(=O)c2ccccc2)c2ccccc2)cc1. The van der Waals surface area contributed by atoms with E-state index in [9.17, 15) is 13.2 Å². The lowest BCUT2D eigenvalue weighted by Gasteiger charge is -2.19. The van der Waals surface area contributed by atoms with Crippen LogP contribution in [0.3, 0.4) is 0 Å². The third-order valence-electron chi connectivity index (χ3n) is 4.32. The van der Waals surface area contributed by atoms with E-state index in [1.54, 1.807) is 48.5 Å². The Morgan fingerprint density at radius 1 is 0.852 bits per heavy atom. The van der Waals surface area contributed by atoms with Crippen LogP contribution in [0.2, 0.25) is 0 Å². The number of benzene rings is 3. The van der Waals surface area contributed by atoms with Crippen molar-refractivity contribution < 1.29 is 13.2 Å². The molecule has 3 rings (SSSR count). The maximum atomic E-state index is 12.8. The van der Waals surface area contributed by atoms with Gasteiger partial charge < -0.3 is 0 Å². The molecule has 0 heterocycles. The summed E-state index contributed by atoms with van der Waals surface area (Å²) in [5, 5.41) is 0. The second-order valence-electron chi connectivity index (χ2n) is 6.39. The third kappa shape index (κ3) is 4.90. The number of rotatable bonds is 7. The number of sulfonamides is 1. The van der Waals surface area contributed by atoms with E-state index in [1.165, 1.54) is 0 Å². The van der Waals surface area contributed by atoms with Gasteiger partial charge in [0.2, 0.25) is 10.0 Å². The van der Waals surface area contributed by atoms with Gasteiger partial charge in [-0.2, -0.15) is 0 Å². The van der Waals surface area contributed by atoms with Crippen molar-refractivity contribution in [2.24, 2.45) is 0 Å². The summed E-state index contributed by atoms with van der Waals surface area (Å²) in [7, 11) is -3.75. The molecule has 0 spiro atoms. The Morgan fingerprint density at radius 2 is 1.41 bits per heavy atom. The zero-order valence-corrected chi connectivity index (χ0v) is 15.8. The Labute approximate surface area is 159 Å². The van der Waals surface area contributed by atoms with Gasteiger partial charge in [0.15, 0.2) is 5.78 Å². The summed E-state index contributed by atoms with van der Waals surface area (Å²) < 4.78 is 28.3. The van der Waals surface area contributed by atoms with E-state index in [1.807, 2.05) is 43.3 Å². The van der Waals surface area contributed by atoms with Gasteiger partial charge in [-0.25, -0.2) is 13.1 Å². The molecule has 0 saturated heterocycles. The topological polar surface area (TPSA) is 63.2 Å². The fourth-order valence-corrected chi connectivity index (χ4v) is 4.04. The third-order valence-corrected chi connectivity index (χ3v) is 5.80. The van der Waals surface area contributed by atoms with Crippen molar-refractivity contribution in [1.29, 1.82) is 0 Å². The molecule has 5 heteroatoms. The first-order valence-electron chi connectivity index (χ1n) is 8.68. The molecule has 0 fully saturated rings. The molecule has 3 aromatic rings. The molecule has 3 aromatic carbocycles. The molecule has 1 atom stereocenters. The molecule has 0 aliphatic heterocycles. The molecule has 0 aliphatic rings. The Bertz CT molecular complexity index is 998. The molecule has 0 radical (unpaired) electrons. The van der Waals surface area contributed by atoms with Gasteiger partial charge in [-0.1, -0.05) is 78.4 Å². The number of carbonyl (C=O) groups excluding carboxylic acids is 1. The van der Waals surface area contributed by atoms with Crippen LogP contribution in [0.25, 0.3) is 0 Å². The Hall–Kier alpha value is -2.76. The lowest BCUT2D eigenvalue weighted by atomic mass is 9.99. The van der Waals surface area contributed by atoms with Gasteiger partial charge in [0.25, 0.3) is 0 Å². The summed E-state index contributed by atoms with van der Waals surface area (Å²) in [5.74, 6) is -0.115. The van der Waals surface area contributed by atoms with Crippen molar-refractivity contribution in [3.8, 4) is 0 Å². The summed E-state index contributed by atoms with van der Waals surface area (Å²) in [4.78, 5) is 12.8. The quantitative estimate of drug-likeness (QED) is 0.623. The maximum Gasteiger partial charge on any atom is 0.241 e. The van der Waals surface area contributed by atoms with Crippen molar-refractivity contribution >= 4 is 15.8 Å². The van der Waals surface area contributed by atoms with Crippen LogP contribution in [-0.2, 0) is 10.0 Å². The zero-order valence-electron chi connectivity index (χ0n) is 15.0. The second-order valence-corrected chi connectivity index (χ2v) is 8.10. The lowest BCUT2D eigenvalue weighted by molar-refractivity contribution is 0.0972. The largest absolute Gasteiger partial charge is 0.294 e. The van der Waals surface area contributed by atoms with Crippen molar-refractivity contribution in [3.05, 3.63) is 102 Å². The summed E-state index contributed by atoms with van der Waals surface area (Å²) in [6.07, 6.45) is 0.0408. The predicted octanol–water partition coefficient (Wildman–Crippen LogP) is 4.29. The van der Waals surface area contributed by atoms with E-state index in [4.69, 9.17) is 0 Å². The lowest BCUT2D eigenvalue weighted by Crippen LogP contribution is -2.30. The molecule has 138 valence electrons. The van der Waals surface area contributed by atoms with Crippen LogP contribution >= 0.6 is 0 Å². The van der Waals surface area contributed by atoms with E-state index >= 15 is 0 Å². The van der Waals surface area contributed by atoms with Gasteiger partial charge in [0.1, 0.15) is 0 Å². The van der Waals surface area contributed by atoms with Crippen molar-refractivity contribution in [3.63, 3.8) is 0 Å². The van der Waals surface area contributed by atoms with Gasteiger partial charge in [0.05, 0.1) is 10.9 Å². The molecular formula is C22H21NO3S. The van der Waals surface area contributed by atoms with Crippen LogP contribution in [-0.4, -0.2) is 14.2 Å². The highest BCUT2D eigenvalue weighted by Gasteiger charge is 2.24. The highest BCUT2D eigenvalue weighted by Crippen LogP contribution is 2.22. The number of Topliss-reactive ketones (excluding diaryl/α,β-unsaturated/α-hetero) is 1. The first-order chi connectivity index (χ1) is 13.0. The first-order valence-corrected chi connectivity index (χ1v) is 10.2. The monoisotopic (exact) mass is 379 g/mol. The van der Waals surface area contributed by atoms with Gasteiger partial charge in [-0.3, -0.25) is 4.79 Å². The number of ketones is 1. The normalized spacial score (nSPS) is 12.5. The van der Waals surface area contributed by atoms with E-state index in [0.29, 0.717) is 5.56 Å². The molecular weight excluding hydrogens is 358 g/mol.